The van der Waals surface area contributed by atoms with Gasteiger partial charge in [0.15, 0.2) is 0 Å². The Labute approximate surface area is 250 Å². The van der Waals surface area contributed by atoms with Crippen LogP contribution in [0, 0.1) is 0 Å². The molecule has 1 aliphatic rings. The predicted molar refractivity (Wildman–Crippen MR) is 170 cm³/mol. The van der Waals surface area contributed by atoms with Crippen LogP contribution in [-0.2, 0) is 18.6 Å². The van der Waals surface area contributed by atoms with E-state index in [-0.39, 0.29) is 24.7 Å². The smallest absolute Gasteiger partial charge is 0.128 e. The third-order valence-electron chi connectivity index (χ3n) is 8.71. The minimum atomic E-state index is -0.893. The highest BCUT2D eigenvalue weighted by atomic mass is 16.3. The Morgan fingerprint density at radius 1 is 0.419 bits per heavy atom. The number of hydrogen-bond donors (Lipinski definition) is 4. The van der Waals surface area contributed by atoms with Crippen LogP contribution in [0.25, 0.3) is 33.4 Å². The van der Waals surface area contributed by atoms with E-state index in [9.17, 15) is 20.4 Å². The SMILES string of the molecule is OCc1cc(C2(c3cc(CO)c(O)c(-c4ccccc4)c3)c3ccccc3-c3ccccc32)cc(-c2ccccc2)c1O. The number of fused-ring (bicyclic) bond motifs is 3. The first-order valence-corrected chi connectivity index (χ1v) is 14.3. The maximum absolute atomic E-state index is 11.3. The summed E-state index contributed by atoms with van der Waals surface area (Å²) in [6.07, 6.45) is 0. The molecule has 0 fully saturated rings. The van der Waals surface area contributed by atoms with Crippen molar-refractivity contribution in [2.75, 3.05) is 0 Å². The number of aliphatic hydroxyl groups excluding tert-OH is 2. The summed E-state index contributed by atoms with van der Waals surface area (Å²) in [5, 5.41) is 43.7. The Kier molecular flexibility index (Phi) is 6.58. The summed E-state index contributed by atoms with van der Waals surface area (Å²) in [6, 6.07) is 43.7. The maximum atomic E-state index is 11.3. The van der Waals surface area contributed by atoms with Crippen molar-refractivity contribution >= 4 is 0 Å². The monoisotopic (exact) mass is 562 g/mol. The molecule has 4 heteroatoms. The molecule has 0 saturated carbocycles. The highest BCUT2D eigenvalue weighted by molar-refractivity contribution is 5.88. The highest BCUT2D eigenvalue weighted by Crippen LogP contribution is 2.58. The van der Waals surface area contributed by atoms with Gasteiger partial charge in [0.25, 0.3) is 0 Å². The normalized spacial score (nSPS) is 13.0. The number of benzene rings is 6. The summed E-state index contributed by atoms with van der Waals surface area (Å²) in [5.41, 5.74) is 8.81. The fourth-order valence-corrected chi connectivity index (χ4v) is 6.76. The summed E-state index contributed by atoms with van der Waals surface area (Å²) in [6.45, 7) is -0.683. The molecule has 0 aromatic heterocycles. The fourth-order valence-electron chi connectivity index (χ4n) is 6.76. The van der Waals surface area contributed by atoms with Crippen LogP contribution < -0.4 is 0 Å². The second-order valence-electron chi connectivity index (χ2n) is 11.0. The Balaban J connectivity index is 1.65. The van der Waals surface area contributed by atoms with E-state index >= 15 is 0 Å². The lowest BCUT2D eigenvalue weighted by molar-refractivity contribution is 0.275. The number of aliphatic hydroxyl groups is 2. The molecule has 7 rings (SSSR count). The molecule has 0 heterocycles. The van der Waals surface area contributed by atoms with E-state index in [1.807, 2.05) is 109 Å². The zero-order valence-corrected chi connectivity index (χ0v) is 23.4. The van der Waals surface area contributed by atoms with E-state index in [0.717, 1.165) is 44.5 Å². The van der Waals surface area contributed by atoms with Crippen LogP contribution in [0.4, 0.5) is 0 Å². The molecular formula is C39H30O4. The van der Waals surface area contributed by atoms with Gasteiger partial charge in [-0.3, -0.25) is 0 Å². The van der Waals surface area contributed by atoms with E-state index < -0.39 is 5.41 Å². The quantitative estimate of drug-likeness (QED) is 0.167. The van der Waals surface area contributed by atoms with E-state index in [2.05, 4.69) is 24.3 Å². The number of hydrogen-bond acceptors (Lipinski definition) is 4. The summed E-state index contributed by atoms with van der Waals surface area (Å²) in [4.78, 5) is 0. The van der Waals surface area contributed by atoms with Crippen molar-refractivity contribution in [3.8, 4) is 44.9 Å². The Morgan fingerprint density at radius 3 is 1.19 bits per heavy atom. The van der Waals surface area contributed by atoms with Gasteiger partial charge >= 0.3 is 0 Å². The number of phenols is 2. The van der Waals surface area contributed by atoms with Crippen LogP contribution in [0.5, 0.6) is 11.5 Å². The molecule has 6 aromatic carbocycles. The molecular weight excluding hydrogens is 532 g/mol. The molecule has 210 valence electrons. The largest absolute Gasteiger partial charge is 0.507 e. The van der Waals surface area contributed by atoms with E-state index in [4.69, 9.17) is 0 Å². The van der Waals surface area contributed by atoms with Crippen molar-refractivity contribution in [1.29, 1.82) is 0 Å². The molecule has 0 aliphatic heterocycles. The van der Waals surface area contributed by atoms with Crippen molar-refractivity contribution < 1.29 is 20.4 Å². The second kappa shape index (κ2) is 10.6. The lowest BCUT2D eigenvalue weighted by Gasteiger charge is -2.35. The average Bonchev–Trinajstić information content (AvgIpc) is 3.37. The van der Waals surface area contributed by atoms with Gasteiger partial charge in [0, 0.05) is 22.3 Å². The number of aromatic hydroxyl groups is 2. The molecule has 0 spiro atoms. The van der Waals surface area contributed by atoms with Gasteiger partial charge in [0.2, 0.25) is 0 Å². The third kappa shape index (κ3) is 4.07. The molecule has 0 unspecified atom stereocenters. The lowest BCUT2D eigenvalue weighted by Crippen LogP contribution is -2.29. The lowest BCUT2D eigenvalue weighted by atomic mass is 9.66. The van der Waals surface area contributed by atoms with Crippen LogP contribution in [-0.4, -0.2) is 20.4 Å². The van der Waals surface area contributed by atoms with Gasteiger partial charge in [-0.25, -0.2) is 0 Å². The topological polar surface area (TPSA) is 80.9 Å². The van der Waals surface area contributed by atoms with Gasteiger partial charge in [-0.15, -0.1) is 0 Å². The summed E-state index contributed by atoms with van der Waals surface area (Å²) in [5.74, 6) is 0.0813. The van der Waals surface area contributed by atoms with Crippen molar-refractivity contribution in [3.05, 3.63) is 167 Å². The second-order valence-corrected chi connectivity index (χ2v) is 11.0. The van der Waals surface area contributed by atoms with Crippen LogP contribution in [0.1, 0.15) is 33.4 Å². The molecule has 0 radical (unpaired) electrons. The maximum Gasteiger partial charge on any atom is 0.128 e. The molecule has 0 atom stereocenters. The van der Waals surface area contributed by atoms with E-state index in [1.165, 1.54) is 0 Å². The Bertz CT molecular complexity index is 1820. The minimum Gasteiger partial charge on any atom is -0.507 e. The molecule has 0 amide bonds. The highest BCUT2D eigenvalue weighted by Gasteiger charge is 2.47. The Hall–Kier alpha value is -5.16. The zero-order valence-electron chi connectivity index (χ0n) is 23.4. The molecule has 6 aromatic rings. The van der Waals surface area contributed by atoms with Crippen LogP contribution in [0.3, 0.4) is 0 Å². The molecule has 0 bridgehead atoms. The van der Waals surface area contributed by atoms with Gasteiger partial charge in [0.1, 0.15) is 11.5 Å². The molecule has 4 N–H and O–H groups in total. The summed E-state index contributed by atoms with van der Waals surface area (Å²) < 4.78 is 0. The van der Waals surface area contributed by atoms with Crippen LogP contribution in [0.15, 0.2) is 133 Å². The third-order valence-corrected chi connectivity index (χ3v) is 8.71. The standard InChI is InChI=1S/C39H30O4/c40-23-27-19-29(21-33(37(27)42)25-11-3-1-4-12-25)39(35-17-9-7-15-31(35)32-16-8-10-18-36(32)39)30-20-28(24-41)38(43)34(22-30)26-13-5-2-6-14-26/h1-22,40-43H,23-24H2. The summed E-state index contributed by atoms with van der Waals surface area (Å²) in [7, 11) is 0. The molecule has 1 aliphatic carbocycles. The van der Waals surface area contributed by atoms with Gasteiger partial charge in [-0.1, -0.05) is 109 Å². The Morgan fingerprint density at radius 2 is 0.791 bits per heavy atom. The zero-order chi connectivity index (χ0) is 29.6. The predicted octanol–water partition coefficient (Wildman–Crippen LogP) is 7.78. The van der Waals surface area contributed by atoms with Crippen LogP contribution >= 0.6 is 0 Å². The first kappa shape index (κ1) is 26.7. The van der Waals surface area contributed by atoms with Gasteiger partial charge in [-0.2, -0.15) is 0 Å². The van der Waals surface area contributed by atoms with Crippen molar-refractivity contribution in [2.24, 2.45) is 0 Å². The first-order chi connectivity index (χ1) is 21.1. The van der Waals surface area contributed by atoms with Crippen molar-refractivity contribution in [1.82, 2.24) is 0 Å². The van der Waals surface area contributed by atoms with E-state index in [1.54, 1.807) is 0 Å². The van der Waals surface area contributed by atoms with Gasteiger partial charge in [0.05, 0.1) is 18.6 Å². The molecule has 4 nitrogen and oxygen atoms in total. The number of rotatable bonds is 6. The van der Waals surface area contributed by atoms with Crippen molar-refractivity contribution in [2.45, 2.75) is 18.6 Å². The van der Waals surface area contributed by atoms with Crippen LogP contribution in [0.2, 0.25) is 0 Å². The molecule has 43 heavy (non-hydrogen) atoms. The van der Waals surface area contributed by atoms with Gasteiger partial charge in [-0.05, 0) is 68.8 Å². The first-order valence-electron chi connectivity index (χ1n) is 14.3. The average molecular weight is 563 g/mol. The minimum absolute atomic E-state index is 0.0406. The fraction of sp³-hybridized carbons (Fsp3) is 0.0769. The van der Waals surface area contributed by atoms with Gasteiger partial charge < -0.3 is 20.4 Å². The van der Waals surface area contributed by atoms with E-state index in [0.29, 0.717) is 22.3 Å². The van der Waals surface area contributed by atoms with Crippen molar-refractivity contribution in [3.63, 3.8) is 0 Å². The summed E-state index contributed by atoms with van der Waals surface area (Å²) >= 11 is 0. The molecule has 0 saturated heterocycles.